The molecule has 2 N–H and O–H groups in total. The molecule has 2 amide bonds. The average Bonchev–Trinajstić information content (AvgIpc) is 3.23. The van der Waals surface area contributed by atoms with Gasteiger partial charge in [0.15, 0.2) is 11.0 Å². The lowest BCUT2D eigenvalue weighted by Crippen LogP contribution is -2.29. The molecule has 0 unspecified atom stereocenters. The molecule has 0 spiro atoms. The summed E-state index contributed by atoms with van der Waals surface area (Å²) in [5, 5.41) is 16.3. The third kappa shape index (κ3) is 5.91. The quantitative estimate of drug-likeness (QED) is 0.267. The first-order valence-electron chi connectivity index (χ1n) is 10.6. The van der Waals surface area contributed by atoms with Gasteiger partial charge in [0.2, 0.25) is 0 Å². The van der Waals surface area contributed by atoms with Gasteiger partial charge in [-0.2, -0.15) is 0 Å². The predicted octanol–water partition coefficient (Wildman–Crippen LogP) is 6.80. The van der Waals surface area contributed by atoms with Crippen LogP contribution in [0.4, 0.5) is 10.5 Å². The molecular weight excluding hydrogens is 489 g/mol. The molecule has 0 aliphatic carbocycles. The molecule has 0 aliphatic rings. The third-order valence-electron chi connectivity index (χ3n) is 5.16. The van der Waals surface area contributed by atoms with Crippen molar-refractivity contribution in [2.24, 2.45) is 0 Å². The molecule has 0 saturated carbocycles. The molecule has 1 aromatic heterocycles. The van der Waals surface area contributed by atoms with E-state index in [1.807, 2.05) is 60.9 Å². The van der Waals surface area contributed by atoms with E-state index in [9.17, 15) is 4.79 Å². The molecule has 3 aromatic carbocycles. The number of carbonyl (C=O) groups excluding carboxylic acids is 1. The van der Waals surface area contributed by atoms with E-state index in [0.717, 1.165) is 27.7 Å². The first kappa shape index (κ1) is 24.1. The normalized spacial score (nSPS) is 10.8. The van der Waals surface area contributed by atoms with Gasteiger partial charge in [0, 0.05) is 21.5 Å². The van der Waals surface area contributed by atoms with Crippen molar-refractivity contribution in [3.63, 3.8) is 0 Å². The number of carbonyl (C=O) groups is 1. The summed E-state index contributed by atoms with van der Waals surface area (Å²) in [6.45, 7) is 4.09. The molecular formula is C25H23Cl2N5OS. The first-order chi connectivity index (χ1) is 16.4. The number of nitrogens with zero attached hydrogens (tertiary/aromatic N) is 3. The number of amides is 2. The van der Waals surface area contributed by atoms with Crippen molar-refractivity contribution in [2.45, 2.75) is 31.3 Å². The molecule has 0 aliphatic heterocycles. The largest absolute Gasteiger partial charge is 0.331 e. The molecule has 34 heavy (non-hydrogen) atoms. The number of halogens is 2. The van der Waals surface area contributed by atoms with Crippen molar-refractivity contribution >= 4 is 46.7 Å². The second-order valence-corrected chi connectivity index (χ2v) is 9.50. The van der Waals surface area contributed by atoms with Crippen LogP contribution in [-0.4, -0.2) is 20.8 Å². The molecule has 0 bridgehead atoms. The Labute approximate surface area is 212 Å². The summed E-state index contributed by atoms with van der Waals surface area (Å²) < 4.78 is 1.94. The SMILES string of the molecule is Cc1ccc(NC(=O)NCc2nnc(SCc3ccccc3)n2-c2cc(Cl)ccc2C)cc1Cl. The van der Waals surface area contributed by atoms with Crippen LogP contribution >= 0.6 is 35.0 Å². The lowest BCUT2D eigenvalue weighted by Gasteiger charge is -2.14. The summed E-state index contributed by atoms with van der Waals surface area (Å²) in [6, 6.07) is 20.8. The molecule has 9 heteroatoms. The molecule has 0 radical (unpaired) electrons. The second-order valence-electron chi connectivity index (χ2n) is 7.71. The summed E-state index contributed by atoms with van der Waals surface area (Å²) in [6.07, 6.45) is 0. The topological polar surface area (TPSA) is 71.8 Å². The summed E-state index contributed by atoms with van der Waals surface area (Å²) in [4.78, 5) is 12.5. The van der Waals surface area contributed by atoms with E-state index in [2.05, 4.69) is 33.0 Å². The second kappa shape index (κ2) is 11.0. The summed E-state index contributed by atoms with van der Waals surface area (Å²) in [7, 11) is 0. The molecule has 6 nitrogen and oxygen atoms in total. The van der Waals surface area contributed by atoms with Gasteiger partial charge >= 0.3 is 6.03 Å². The number of aryl methyl sites for hydroxylation is 2. The summed E-state index contributed by atoms with van der Waals surface area (Å²) in [5.41, 5.74) is 4.62. The number of anilines is 1. The zero-order valence-electron chi connectivity index (χ0n) is 18.7. The van der Waals surface area contributed by atoms with E-state index in [1.54, 1.807) is 23.9 Å². The Kier molecular flexibility index (Phi) is 7.77. The number of urea groups is 1. The average molecular weight is 512 g/mol. The highest BCUT2D eigenvalue weighted by molar-refractivity contribution is 7.98. The number of rotatable bonds is 7. The van der Waals surface area contributed by atoms with Gasteiger partial charge in [0.05, 0.1) is 12.2 Å². The summed E-state index contributed by atoms with van der Waals surface area (Å²) >= 11 is 14.0. The monoisotopic (exact) mass is 511 g/mol. The van der Waals surface area contributed by atoms with Crippen LogP contribution < -0.4 is 10.6 Å². The number of thioether (sulfide) groups is 1. The number of aromatic nitrogens is 3. The highest BCUT2D eigenvalue weighted by Gasteiger charge is 2.17. The van der Waals surface area contributed by atoms with Crippen molar-refractivity contribution in [1.82, 2.24) is 20.1 Å². The van der Waals surface area contributed by atoms with Crippen LogP contribution in [-0.2, 0) is 12.3 Å². The van der Waals surface area contributed by atoms with Gasteiger partial charge in [-0.3, -0.25) is 4.57 Å². The van der Waals surface area contributed by atoms with Gasteiger partial charge in [-0.05, 0) is 54.8 Å². The lowest BCUT2D eigenvalue weighted by atomic mass is 10.2. The van der Waals surface area contributed by atoms with Crippen LogP contribution in [0, 0.1) is 13.8 Å². The van der Waals surface area contributed by atoms with Gasteiger partial charge < -0.3 is 10.6 Å². The van der Waals surface area contributed by atoms with E-state index in [4.69, 9.17) is 23.2 Å². The number of hydrogen-bond acceptors (Lipinski definition) is 4. The van der Waals surface area contributed by atoms with E-state index >= 15 is 0 Å². The number of nitrogens with one attached hydrogen (secondary N) is 2. The van der Waals surface area contributed by atoms with E-state index in [1.165, 1.54) is 5.56 Å². The fourth-order valence-corrected chi connectivity index (χ4v) is 4.57. The Morgan fingerprint density at radius 2 is 1.74 bits per heavy atom. The van der Waals surface area contributed by atoms with Crippen LogP contribution in [0.2, 0.25) is 10.0 Å². The molecule has 4 rings (SSSR count). The summed E-state index contributed by atoms with van der Waals surface area (Å²) in [5.74, 6) is 1.33. The molecule has 0 atom stereocenters. The van der Waals surface area contributed by atoms with Crippen LogP contribution in [0.15, 0.2) is 71.9 Å². The van der Waals surface area contributed by atoms with Crippen molar-refractivity contribution in [3.8, 4) is 5.69 Å². The van der Waals surface area contributed by atoms with E-state index in [-0.39, 0.29) is 12.6 Å². The predicted molar refractivity (Wildman–Crippen MR) is 139 cm³/mol. The fraction of sp³-hybridized carbons (Fsp3) is 0.160. The molecule has 1 heterocycles. The highest BCUT2D eigenvalue weighted by atomic mass is 35.5. The van der Waals surface area contributed by atoms with Crippen LogP contribution in [0.3, 0.4) is 0 Å². The van der Waals surface area contributed by atoms with E-state index < -0.39 is 0 Å². The fourth-order valence-electron chi connectivity index (χ4n) is 3.30. The first-order valence-corrected chi connectivity index (χ1v) is 12.3. The smallest absolute Gasteiger partial charge is 0.319 e. The van der Waals surface area contributed by atoms with Crippen LogP contribution in [0.1, 0.15) is 22.5 Å². The molecule has 4 aromatic rings. The highest BCUT2D eigenvalue weighted by Crippen LogP contribution is 2.28. The van der Waals surface area contributed by atoms with Gasteiger partial charge in [0.1, 0.15) is 0 Å². The zero-order valence-corrected chi connectivity index (χ0v) is 21.0. The van der Waals surface area contributed by atoms with Crippen molar-refractivity contribution in [2.75, 3.05) is 5.32 Å². The minimum Gasteiger partial charge on any atom is -0.331 e. The van der Waals surface area contributed by atoms with Crippen molar-refractivity contribution in [1.29, 1.82) is 0 Å². The zero-order chi connectivity index (χ0) is 24.1. The maximum absolute atomic E-state index is 12.5. The Balaban J connectivity index is 1.55. The van der Waals surface area contributed by atoms with Gasteiger partial charge in [0.25, 0.3) is 0 Å². The minimum atomic E-state index is -0.365. The Bertz CT molecular complexity index is 1310. The minimum absolute atomic E-state index is 0.177. The van der Waals surface area contributed by atoms with Crippen LogP contribution in [0.25, 0.3) is 5.69 Å². The maximum Gasteiger partial charge on any atom is 0.319 e. The number of hydrogen-bond donors (Lipinski definition) is 2. The number of benzene rings is 3. The van der Waals surface area contributed by atoms with Gasteiger partial charge in [-0.25, -0.2) is 4.79 Å². The Hall–Kier alpha value is -3.00. The third-order valence-corrected chi connectivity index (χ3v) is 6.80. The lowest BCUT2D eigenvalue weighted by molar-refractivity contribution is 0.251. The molecule has 0 fully saturated rings. The standard InChI is InChI=1S/C25H23Cl2N5OS/c1-16-9-11-20(13-21(16)27)29-24(33)28-14-23-30-31-25(34-15-18-6-4-3-5-7-18)32(23)22-12-19(26)10-8-17(22)2/h3-13H,14-15H2,1-2H3,(H2,28,29,33). The Morgan fingerprint density at radius 1 is 0.971 bits per heavy atom. The maximum atomic E-state index is 12.5. The van der Waals surface area contributed by atoms with Gasteiger partial charge in [-0.1, -0.05) is 77.4 Å². The molecule has 174 valence electrons. The van der Waals surface area contributed by atoms with Crippen molar-refractivity contribution in [3.05, 3.63) is 99.3 Å². The van der Waals surface area contributed by atoms with E-state index in [0.29, 0.717) is 21.6 Å². The Morgan fingerprint density at radius 3 is 2.50 bits per heavy atom. The van der Waals surface area contributed by atoms with Crippen LogP contribution in [0.5, 0.6) is 0 Å². The van der Waals surface area contributed by atoms with Crippen molar-refractivity contribution < 1.29 is 4.79 Å². The van der Waals surface area contributed by atoms with Gasteiger partial charge in [-0.15, -0.1) is 10.2 Å². The molecule has 0 saturated heterocycles.